The van der Waals surface area contributed by atoms with E-state index in [9.17, 15) is 0 Å². The molecule has 1 aliphatic rings. The Morgan fingerprint density at radius 3 is 2.95 bits per heavy atom. The maximum atomic E-state index is 5.43. The van der Waals surface area contributed by atoms with Crippen LogP contribution in [-0.2, 0) is 0 Å². The molecule has 0 N–H and O–H groups in total. The Hall–Kier alpha value is -1.99. The normalized spacial score (nSPS) is 17.5. The van der Waals surface area contributed by atoms with Crippen LogP contribution in [0.3, 0.4) is 0 Å². The molecule has 0 unspecified atom stereocenters. The Bertz CT molecular complexity index is 757. The maximum Gasteiger partial charge on any atom is 0.244 e. The van der Waals surface area contributed by atoms with Crippen LogP contribution in [0.2, 0.25) is 0 Å². The fourth-order valence-electron chi connectivity index (χ4n) is 2.67. The molecule has 0 bridgehead atoms. The largest absolute Gasteiger partial charge is 0.337 e. The first-order valence-electron chi connectivity index (χ1n) is 7.33. The van der Waals surface area contributed by atoms with Crippen LogP contribution >= 0.6 is 11.3 Å². The minimum absolute atomic E-state index is 0.133. The van der Waals surface area contributed by atoms with Gasteiger partial charge in [-0.15, -0.1) is 11.3 Å². The minimum atomic E-state index is 0.133. The number of hydrogen-bond acceptors (Lipinski definition) is 6. The van der Waals surface area contributed by atoms with Crippen LogP contribution in [0.15, 0.2) is 34.4 Å². The molecule has 0 saturated carbocycles. The van der Waals surface area contributed by atoms with Gasteiger partial charge in [-0.2, -0.15) is 10.1 Å². The van der Waals surface area contributed by atoms with Gasteiger partial charge < -0.3 is 4.52 Å². The molecular formula is C15H17N5OS. The molecule has 3 aromatic rings. The van der Waals surface area contributed by atoms with Crippen molar-refractivity contribution >= 4 is 11.3 Å². The van der Waals surface area contributed by atoms with Gasteiger partial charge in [0.05, 0.1) is 23.2 Å². The van der Waals surface area contributed by atoms with Crippen LogP contribution in [0.5, 0.6) is 0 Å². The molecule has 22 heavy (non-hydrogen) atoms. The second-order valence-corrected chi connectivity index (χ2v) is 6.66. The Balaban J connectivity index is 1.42. The smallest absolute Gasteiger partial charge is 0.244 e. The van der Waals surface area contributed by atoms with Gasteiger partial charge in [0.25, 0.3) is 0 Å². The van der Waals surface area contributed by atoms with Crippen molar-refractivity contribution in [3.63, 3.8) is 0 Å². The highest BCUT2D eigenvalue weighted by Gasteiger charge is 2.34. The van der Waals surface area contributed by atoms with Crippen molar-refractivity contribution in [2.75, 3.05) is 13.1 Å². The van der Waals surface area contributed by atoms with Crippen molar-refractivity contribution in [1.29, 1.82) is 0 Å². The highest BCUT2D eigenvalue weighted by Crippen LogP contribution is 2.31. The van der Waals surface area contributed by atoms with E-state index in [4.69, 9.17) is 4.52 Å². The first-order valence-corrected chi connectivity index (χ1v) is 8.21. The average Bonchev–Trinajstić information content (AvgIpc) is 3.17. The topological polar surface area (TPSA) is 60.0 Å². The third-order valence-corrected chi connectivity index (χ3v) is 4.95. The number of nitrogens with zero attached hydrogens (tertiary/aromatic N) is 5. The summed E-state index contributed by atoms with van der Waals surface area (Å²) in [6, 6.07) is 4.57. The van der Waals surface area contributed by atoms with E-state index in [1.54, 1.807) is 11.3 Å². The maximum absolute atomic E-state index is 5.43. The van der Waals surface area contributed by atoms with Crippen molar-refractivity contribution in [3.05, 3.63) is 41.4 Å². The van der Waals surface area contributed by atoms with Crippen LogP contribution < -0.4 is 0 Å². The average molecular weight is 315 g/mol. The lowest BCUT2D eigenvalue weighted by Crippen LogP contribution is -2.48. The third-order valence-electron chi connectivity index (χ3n) is 4.08. The monoisotopic (exact) mass is 315 g/mol. The van der Waals surface area contributed by atoms with E-state index < -0.39 is 0 Å². The molecule has 0 amide bonds. The summed E-state index contributed by atoms with van der Waals surface area (Å²) in [5.74, 6) is 1.36. The predicted octanol–water partition coefficient (Wildman–Crippen LogP) is 2.92. The minimum Gasteiger partial charge on any atom is -0.337 e. The van der Waals surface area contributed by atoms with Gasteiger partial charge in [-0.25, -0.2) is 0 Å². The van der Waals surface area contributed by atoms with E-state index >= 15 is 0 Å². The molecule has 0 spiro atoms. The molecule has 0 aliphatic carbocycles. The lowest BCUT2D eigenvalue weighted by Gasteiger charge is -2.41. The number of hydrogen-bond donors (Lipinski definition) is 0. The lowest BCUT2D eigenvalue weighted by molar-refractivity contribution is 0.0456. The fraction of sp³-hybridized carbons (Fsp3) is 0.400. The summed E-state index contributed by atoms with van der Waals surface area (Å²) in [5.41, 5.74) is 1.20. The van der Waals surface area contributed by atoms with Crippen LogP contribution in [-0.4, -0.2) is 37.9 Å². The van der Waals surface area contributed by atoms with E-state index in [1.165, 1.54) is 5.56 Å². The summed E-state index contributed by atoms with van der Waals surface area (Å²) < 4.78 is 7.48. The van der Waals surface area contributed by atoms with Gasteiger partial charge in [-0.3, -0.25) is 9.58 Å². The molecule has 7 heteroatoms. The molecule has 0 aromatic carbocycles. The van der Waals surface area contributed by atoms with E-state index in [1.807, 2.05) is 28.4 Å². The van der Waals surface area contributed by atoms with E-state index in [-0.39, 0.29) is 6.04 Å². The molecule has 4 heterocycles. The van der Waals surface area contributed by atoms with E-state index in [0.29, 0.717) is 17.8 Å². The Morgan fingerprint density at radius 2 is 2.27 bits per heavy atom. The zero-order valence-corrected chi connectivity index (χ0v) is 13.3. The molecule has 6 nitrogen and oxygen atoms in total. The van der Waals surface area contributed by atoms with Gasteiger partial charge in [0, 0.05) is 19.3 Å². The predicted molar refractivity (Wildman–Crippen MR) is 83.6 cm³/mol. The molecule has 114 valence electrons. The number of thiophene rings is 1. The molecule has 1 aliphatic heterocycles. The molecule has 0 radical (unpaired) electrons. The van der Waals surface area contributed by atoms with Gasteiger partial charge in [-0.1, -0.05) is 11.2 Å². The van der Waals surface area contributed by atoms with Crippen molar-refractivity contribution < 1.29 is 4.52 Å². The van der Waals surface area contributed by atoms with E-state index in [0.717, 1.165) is 18.0 Å². The molecule has 1 fully saturated rings. The molecule has 1 atom stereocenters. The third kappa shape index (κ3) is 2.36. The van der Waals surface area contributed by atoms with Crippen LogP contribution in [0.1, 0.15) is 30.5 Å². The van der Waals surface area contributed by atoms with Crippen LogP contribution in [0, 0.1) is 6.92 Å². The first kappa shape index (κ1) is 13.7. The summed E-state index contributed by atoms with van der Waals surface area (Å²) >= 11 is 1.62. The van der Waals surface area contributed by atoms with Crippen LogP contribution in [0.4, 0.5) is 0 Å². The number of aromatic nitrogens is 4. The Kier molecular flexibility index (Phi) is 3.31. The van der Waals surface area contributed by atoms with Crippen molar-refractivity contribution in [1.82, 2.24) is 24.8 Å². The number of likely N-dealkylation sites (tertiary alicyclic amines) is 1. The molecule has 4 rings (SSSR count). The van der Waals surface area contributed by atoms with Crippen molar-refractivity contribution in [2.45, 2.75) is 25.9 Å². The fourth-order valence-corrected chi connectivity index (χ4v) is 3.32. The van der Waals surface area contributed by atoms with Gasteiger partial charge in [0.2, 0.25) is 11.7 Å². The first-order chi connectivity index (χ1) is 10.7. The van der Waals surface area contributed by atoms with Crippen LogP contribution in [0.25, 0.3) is 10.7 Å². The Labute approximate surface area is 132 Å². The van der Waals surface area contributed by atoms with Crippen molar-refractivity contribution in [2.24, 2.45) is 0 Å². The highest BCUT2D eigenvalue weighted by molar-refractivity contribution is 7.13. The summed E-state index contributed by atoms with van der Waals surface area (Å²) in [5, 5.41) is 10.5. The SMILES string of the molecule is Cc1cnn(C2CN([C@H](C)c3nc(-c4cccs4)no3)C2)c1. The lowest BCUT2D eigenvalue weighted by atomic mass is 10.1. The molecular weight excluding hydrogens is 298 g/mol. The van der Waals surface area contributed by atoms with Gasteiger partial charge in [-0.05, 0) is 30.9 Å². The van der Waals surface area contributed by atoms with Gasteiger partial charge >= 0.3 is 0 Å². The Morgan fingerprint density at radius 1 is 1.41 bits per heavy atom. The zero-order chi connectivity index (χ0) is 15.1. The summed E-state index contributed by atoms with van der Waals surface area (Å²) in [6.07, 6.45) is 3.99. The van der Waals surface area contributed by atoms with Gasteiger partial charge in [0.15, 0.2) is 0 Å². The number of rotatable bonds is 4. The second-order valence-electron chi connectivity index (χ2n) is 5.71. The standard InChI is InChI=1S/C15H17N5OS/c1-10-6-16-20(7-10)12-8-19(9-12)11(2)15-17-14(18-21-15)13-4-3-5-22-13/h3-7,11-12H,8-9H2,1-2H3/t11-/m1/s1. The highest BCUT2D eigenvalue weighted by atomic mass is 32.1. The molecule has 1 saturated heterocycles. The quantitative estimate of drug-likeness (QED) is 0.741. The number of aryl methyl sites for hydroxylation is 1. The summed E-state index contributed by atoms with van der Waals surface area (Å²) in [4.78, 5) is 7.89. The molecule has 3 aromatic heterocycles. The zero-order valence-electron chi connectivity index (χ0n) is 12.5. The van der Waals surface area contributed by atoms with Gasteiger partial charge in [0.1, 0.15) is 0 Å². The van der Waals surface area contributed by atoms with Crippen molar-refractivity contribution in [3.8, 4) is 10.7 Å². The van der Waals surface area contributed by atoms with E-state index in [2.05, 4.69) is 40.2 Å². The second kappa shape index (κ2) is 5.33. The summed E-state index contributed by atoms with van der Waals surface area (Å²) in [7, 11) is 0. The summed E-state index contributed by atoms with van der Waals surface area (Å²) in [6.45, 7) is 6.08.